The molecule has 0 saturated carbocycles. The van der Waals surface area contributed by atoms with Gasteiger partial charge in [0.05, 0.1) is 19.8 Å². The Kier molecular flexibility index (Phi) is 3.98. The Balaban J connectivity index is 2.05. The Morgan fingerprint density at radius 3 is 2.45 bits per heavy atom. The minimum atomic E-state index is 0.353. The van der Waals surface area contributed by atoms with Gasteiger partial charge in [-0.05, 0) is 30.3 Å². The molecule has 0 spiro atoms. The Bertz CT molecular complexity index is 802. The summed E-state index contributed by atoms with van der Waals surface area (Å²) in [5, 5.41) is 8.75. The lowest BCUT2D eigenvalue weighted by Gasteiger charge is -2.09. The third kappa shape index (κ3) is 2.63. The van der Waals surface area contributed by atoms with E-state index >= 15 is 0 Å². The van der Waals surface area contributed by atoms with E-state index < -0.39 is 0 Å². The van der Waals surface area contributed by atoms with Crippen LogP contribution in [0.5, 0.6) is 11.5 Å². The van der Waals surface area contributed by atoms with Gasteiger partial charge in [-0.15, -0.1) is 10.2 Å². The first-order valence-electron chi connectivity index (χ1n) is 6.53. The number of hydrogen-bond donors (Lipinski definition) is 0. The van der Waals surface area contributed by atoms with Crippen LogP contribution in [0.3, 0.4) is 0 Å². The van der Waals surface area contributed by atoms with Crippen LogP contribution >= 0.6 is 11.6 Å². The fraction of sp³-hybridized carbons (Fsp3) is 0.125. The summed E-state index contributed by atoms with van der Waals surface area (Å²) >= 11 is 5.98. The first kappa shape index (κ1) is 14.4. The lowest BCUT2D eigenvalue weighted by Crippen LogP contribution is -1.93. The van der Waals surface area contributed by atoms with Gasteiger partial charge in [-0.1, -0.05) is 23.7 Å². The molecule has 1 aromatic heterocycles. The van der Waals surface area contributed by atoms with Crippen molar-refractivity contribution in [2.24, 2.45) is 0 Å². The zero-order valence-electron chi connectivity index (χ0n) is 12.0. The van der Waals surface area contributed by atoms with Gasteiger partial charge in [-0.25, -0.2) is 0 Å². The van der Waals surface area contributed by atoms with E-state index in [1.165, 1.54) is 0 Å². The quantitative estimate of drug-likeness (QED) is 0.726. The van der Waals surface area contributed by atoms with Gasteiger partial charge in [0.25, 0.3) is 5.89 Å². The molecule has 0 radical (unpaired) electrons. The van der Waals surface area contributed by atoms with Crippen molar-refractivity contribution in [3.63, 3.8) is 0 Å². The maximum Gasteiger partial charge on any atom is 0.252 e. The SMILES string of the molecule is COc1cccc(-c2nnc(-c3cccc(Cl)c3)o2)c1OC. The molecule has 0 saturated heterocycles. The summed E-state index contributed by atoms with van der Waals surface area (Å²) in [5.41, 5.74) is 1.43. The van der Waals surface area contributed by atoms with Gasteiger partial charge in [-0.2, -0.15) is 0 Å². The van der Waals surface area contributed by atoms with Gasteiger partial charge >= 0.3 is 0 Å². The van der Waals surface area contributed by atoms with E-state index in [1.807, 2.05) is 24.3 Å². The Labute approximate surface area is 132 Å². The third-order valence-electron chi connectivity index (χ3n) is 3.13. The predicted molar refractivity (Wildman–Crippen MR) is 83.3 cm³/mol. The number of rotatable bonds is 4. The standard InChI is InChI=1S/C16H13ClN2O3/c1-20-13-8-4-7-12(14(13)21-2)16-19-18-15(22-16)10-5-3-6-11(17)9-10/h3-9H,1-2H3. The summed E-state index contributed by atoms with van der Waals surface area (Å²) in [6, 6.07) is 12.7. The molecule has 6 heteroatoms. The van der Waals surface area contributed by atoms with Crippen LogP contribution in [0.2, 0.25) is 5.02 Å². The normalized spacial score (nSPS) is 10.5. The van der Waals surface area contributed by atoms with E-state index in [1.54, 1.807) is 32.4 Å². The Hall–Kier alpha value is -2.53. The van der Waals surface area contributed by atoms with E-state index in [0.717, 1.165) is 5.56 Å². The first-order chi connectivity index (χ1) is 10.7. The Morgan fingerprint density at radius 1 is 0.955 bits per heavy atom. The monoisotopic (exact) mass is 316 g/mol. The van der Waals surface area contributed by atoms with Gasteiger partial charge in [0.1, 0.15) is 0 Å². The van der Waals surface area contributed by atoms with Gasteiger partial charge < -0.3 is 13.9 Å². The second-order valence-electron chi connectivity index (χ2n) is 4.46. The number of para-hydroxylation sites is 1. The van der Waals surface area contributed by atoms with Crippen LogP contribution in [-0.2, 0) is 0 Å². The molecule has 3 rings (SSSR count). The Morgan fingerprint density at radius 2 is 1.73 bits per heavy atom. The number of methoxy groups -OCH3 is 2. The topological polar surface area (TPSA) is 57.4 Å². The summed E-state index contributed by atoms with van der Waals surface area (Å²) in [6.45, 7) is 0. The first-order valence-corrected chi connectivity index (χ1v) is 6.91. The molecule has 0 atom stereocenters. The van der Waals surface area contributed by atoms with E-state index in [0.29, 0.717) is 33.9 Å². The van der Waals surface area contributed by atoms with Crippen molar-refractivity contribution in [1.82, 2.24) is 10.2 Å². The van der Waals surface area contributed by atoms with Gasteiger partial charge in [0.15, 0.2) is 11.5 Å². The highest BCUT2D eigenvalue weighted by Gasteiger charge is 2.17. The maximum atomic E-state index is 5.98. The molecule has 0 bridgehead atoms. The van der Waals surface area contributed by atoms with E-state index in [4.69, 9.17) is 25.5 Å². The van der Waals surface area contributed by atoms with Crippen molar-refractivity contribution in [3.8, 4) is 34.4 Å². The summed E-state index contributed by atoms with van der Waals surface area (Å²) in [7, 11) is 3.14. The number of aromatic nitrogens is 2. The molecule has 1 heterocycles. The van der Waals surface area contributed by atoms with Gasteiger partial charge in [-0.3, -0.25) is 0 Å². The van der Waals surface area contributed by atoms with Crippen LogP contribution in [-0.4, -0.2) is 24.4 Å². The van der Waals surface area contributed by atoms with E-state index in [-0.39, 0.29) is 0 Å². The molecule has 22 heavy (non-hydrogen) atoms. The minimum Gasteiger partial charge on any atom is -0.493 e. The van der Waals surface area contributed by atoms with Crippen LogP contribution in [0, 0.1) is 0 Å². The number of halogens is 1. The molecule has 2 aromatic carbocycles. The molecule has 0 unspecified atom stereocenters. The van der Waals surface area contributed by atoms with Crippen molar-refractivity contribution in [2.75, 3.05) is 14.2 Å². The third-order valence-corrected chi connectivity index (χ3v) is 3.37. The summed E-state index contributed by atoms with van der Waals surface area (Å²) in [6.07, 6.45) is 0. The summed E-state index contributed by atoms with van der Waals surface area (Å²) in [4.78, 5) is 0. The van der Waals surface area contributed by atoms with Gasteiger partial charge in [0, 0.05) is 10.6 Å². The maximum absolute atomic E-state index is 5.98. The average Bonchev–Trinajstić information content (AvgIpc) is 3.03. The molecule has 0 aliphatic carbocycles. The molecule has 0 fully saturated rings. The number of ether oxygens (including phenoxy) is 2. The van der Waals surface area contributed by atoms with Crippen molar-refractivity contribution < 1.29 is 13.9 Å². The number of hydrogen-bond acceptors (Lipinski definition) is 5. The average molecular weight is 317 g/mol. The molecule has 0 aliphatic heterocycles. The molecule has 112 valence electrons. The smallest absolute Gasteiger partial charge is 0.252 e. The van der Waals surface area contributed by atoms with Crippen LogP contribution in [0.15, 0.2) is 46.9 Å². The zero-order chi connectivity index (χ0) is 15.5. The van der Waals surface area contributed by atoms with Crippen molar-refractivity contribution in [2.45, 2.75) is 0 Å². The minimum absolute atomic E-state index is 0.353. The molecule has 3 aromatic rings. The highest BCUT2D eigenvalue weighted by atomic mass is 35.5. The molecule has 0 aliphatic rings. The number of nitrogens with zero attached hydrogens (tertiary/aromatic N) is 2. The highest BCUT2D eigenvalue weighted by Crippen LogP contribution is 2.37. The molecular formula is C16H13ClN2O3. The zero-order valence-corrected chi connectivity index (χ0v) is 12.8. The van der Waals surface area contributed by atoms with Gasteiger partial charge in [0.2, 0.25) is 5.89 Å². The lowest BCUT2D eigenvalue weighted by atomic mass is 10.2. The van der Waals surface area contributed by atoms with Crippen molar-refractivity contribution in [1.29, 1.82) is 0 Å². The fourth-order valence-corrected chi connectivity index (χ4v) is 2.32. The lowest BCUT2D eigenvalue weighted by molar-refractivity contribution is 0.355. The molecule has 5 nitrogen and oxygen atoms in total. The second kappa shape index (κ2) is 6.07. The largest absolute Gasteiger partial charge is 0.493 e. The second-order valence-corrected chi connectivity index (χ2v) is 4.90. The van der Waals surface area contributed by atoms with Crippen molar-refractivity contribution in [3.05, 3.63) is 47.5 Å². The fourth-order valence-electron chi connectivity index (χ4n) is 2.13. The summed E-state index contributed by atoms with van der Waals surface area (Å²) < 4.78 is 16.4. The van der Waals surface area contributed by atoms with Crippen LogP contribution in [0.25, 0.3) is 22.9 Å². The van der Waals surface area contributed by atoms with Crippen LogP contribution < -0.4 is 9.47 Å². The summed E-state index contributed by atoms with van der Waals surface area (Å²) in [5.74, 6) is 1.89. The van der Waals surface area contributed by atoms with E-state index in [9.17, 15) is 0 Å². The highest BCUT2D eigenvalue weighted by molar-refractivity contribution is 6.30. The molecule has 0 amide bonds. The van der Waals surface area contributed by atoms with Crippen LogP contribution in [0.4, 0.5) is 0 Å². The van der Waals surface area contributed by atoms with E-state index in [2.05, 4.69) is 10.2 Å². The number of benzene rings is 2. The molecule has 0 N–H and O–H groups in total. The molecular weight excluding hydrogens is 304 g/mol. The van der Waals surface area contributed by atoms with Crippen molar-refractivity contribution >= 4 is 11.6 Å². The van der Waals surface area contributed by atoms with Crippen LogP contribution in [0.1, 0.15) is 0 Å². The predicted octanol–water partition coefficient (Wildman–Crippen LogP) is 4.07.